The fourth-order valence-corrected chi connectivity index (χ4v) is 3.90. The van der Waals surface area contributed by atoms with Crippen molar-refractivity contribution >= 4 is 16.9 Å². The Balaban J connectivity index is 1.19. The molecule has 146 valence electrons. The van der Waals surface area contributed by atoms with Crippen LogP contribution in [0.1, 0.15) is 44.1 Å². The molecule has 28 heavy (non-hydrogen) atoms. The van der Waals surface area contributed by atoms with Crippen LogP contribution < -0.4 is 5.32 Å². The standard InChI is InChI=1S/C21H26N6O/c1-2-3-9-21(25-26-21)10-6-19(28)24-17-7-12-27(13-8-17)15-16-14-23-20-18(16)5-4-11-22-20/h1,4-5,11,14,17H,3,6-10,12-13,15H2,(H,22,23)(H,24,28). The predicted octanol–water partition coefficient (Wildman–Crippen LogP) is 3.00. The van der Waals surface area contributed by atoms with E-state index in [2.05, 4.69) is 48.6 Å². The van der Waals surface area contributed by atoms with Gasteiger partial charge in [0, 0.05) is 69.1 Å². The molecule has 0 aromatic carbocycles. The summed E-state index contributed by atoms with van der Waals surface area (Å²) < 4.78 is 0. The Bertz CT molecular complexity index is 897. The number of rotatable bonds is 8. The molecule has 0 radical (unpaired) electrons. The van der Waals surface area contributed by atoms with E-state index in [1.54, 1.807) is 6.20 Å². The lowest BCUT2D eigenvalue weighted by molar-refractivity contribution is -0.122. The number of piperidine rings is 1. The lowest BCUT2D eigenvalue weighted by Crippen LogP contribution is -2.44. The van der Waals surface area contributed by atoms with Crippen molar-refractivity contribution < 1.29 is 4.79 Å². The molecule has 4 heterocycles. The summed E-state index contributed by atoms with van der Waals surface area (Å²) in [5.74, 6) is 2.71. The number of aromatic amines is 1. The molecule has 2 aromatic rings. The Morgan fingerprint density at radius 1 is 1.36 bits per heavy atom. The van der Waals surface area contributed by atoms with Crippen LogP contribution in [0.5, 0.6) is 0 Å². The number of carbonyl (C=O) groups excluding carboxylic acids is 1. The minimum absolute atomic E-state index is 0.0959. The highest BCUT2D eigenvalue weighted by Crippen LogP contribution is 2.37. The zero-order valence-corrected chi connectivity index (χ0v) is 16.0. The largest absolute Gasteiger partial charge is 0.353 e. The first-order chi connectivity index (χ1) is 13.7. The third-order valence-corrected chi connectivity index (χ3v) is 5.69. The number of nitrogens with zero attached hydrogens (tertiary/aromatic N) is 4. The average molecular weight is 378 g/mol. The van der Waals surface area contributed by atoms with Gasteiger partial charge in [0.25, 0.3) is 0 Å². The molecule has 2 N–H and O–H groups in total. The van der Waals surface area contributed by atoms with Crippen LogP contribution in [0.3, 0.4) is 0 Å². The Hall–Kier alpha value is -2.72. The summed E-state index contributed by atoms with van der Waals surface area (Å²) in [6.45, 7) is 2.87. The van der Waals surface area contributed by atoms with E-state index < -0.39 is 0 Å². The number of amides is 1. The van der Waals surface area contributed by atoms with Crippen molar-refractivity contribution in [2.45, 2.75) is 56.8 Å². The molecule has 7 heteroatoms. The quantitative estimate of drug-likeness (QED) is 0.693. The van der Waals surface area contributed by atoms with Crippen molar-refractivity contribution in [2.75, 3.05) is 13.1 Å². The Labute approximate surface area is 165 Å². The number of hydrogen-bond acceptors (Lipinski definition) is 5. The number of H-pyrrole nitrogens is 1. The highest BCUT2D eigenvalue weighted by atomic mass is 16.1. The molecule has 0 atom stereocenters. The Kier molecular flexibility index (Phi) is 5.40. The summed E-state index contributed by atoms with van der Waals surface area (Å²) in [6.07, 6.45) is 13.6. The van der Waals surface area contributed by atoms with Crippen molar-refractivity contribution in [1.29, 1.82) is 0 Å². The highest BCUT2D eigenvalue weighted by molar-refractivity contribution is 5.79. The van der Waals surface area contributed by atoms with Gasteiger partial charge in [0.2, 0.25) is 5.91 Å². The SMILES string of the molecule is C#CCCC1(CCC(=O)NC2CCN(Cc3c[nH]c4ncccc34)CC2)N=N1. The summed E-state index contributed by atoms with van der Waals surface area (Å²) in [5, 5.41) is 12.6. The van der Waals surface area contributed by atoms with E-state index in [4.69, 9.17) is 6.42 Å². The normalized spacial score (nSPS) is 18.8. The first kappa shape index (κ1) is 18.6. The molecule has 2 aliphatic rings. The van der Waals surface area contributed by atoms with Gasteiger partial charge in [-0.1, -0.05) is 0 Å². The molecule has 0 bridgehead atoms. The molecule has 0 spiro atoms. The zero-order valence-electron chi connectivity index (χ0n) is 16.0. The van der Waals surface area contributed by atoms with Gasteiger partial charge in [0.15, 0.2) is 5.66 Å². The van der Waals surface area contributed by atoms with Gasteiger partial charge < -0.3 is 10.3 Å². The number of aromatic nitrogens is 2. The topological polar surface area (TPSA) is 85.7 Å². The van der Waals surface area contributed by atoms with Gasteiger partial charge in [-0.25, -0.2) is 4.98 Å². The van der Waals surface area contributed by atoms with Crippen molar-refractivity contribution in [3.05, 3.63) is 30.1 Å². The number of pyridine rings is 1. The molecular formula is C21H26N6O. The molecule has 4 rings (SSSR count). The summed E-state index contributed by atoms with van der Waals surface area (Å²) in [5.41, 5.74) is 1.84. The van der Waals surface area contributed by atoms with Crippen LogP contribution in [-0.4, -0.2) is 45.6 Å². The average Bonchev–Trinajstić information content (AvgIpc) is 3.39. The molecule has 1 fully saturated rings. The number of likely N-dealkylation sites (tertiary alicyclic amines) is 1. The fourth-order valence-electron chi connectivity index (χ4n) is 3.90. The van der Waals surface area contributed by atoms with Crippen LogP contribution in [0.4, 0.5) is 0 Å². The monoisotopic (exact) mass is 378 g/mol. The first-order valence-electron chi connectivity index (χ1n) is 9.98. The van der Waals surface area contributed by atoms with Crippen LogP contribution in [0.15, 0.2) is 34.8 Å². The summed E-state index contributed by atoms with van der Waals surface area (Å²) in [6, 6.07) is 4.33. The number of hydrogen-bond donors (Lipinski definition) is 2. The van der Waals surface area contributed by atoms with Gasteiger partial charge in [0.1, 0.15) is 5.65 Å². The van der Waals surface area contributed by atoms with Gasteiger partial charge in [-0.05, 0) is 30.5 Å². The molecular weight excluding hydrogens is 352 g/mol. The highest BCUT2D eigenvalue weighted by Gasteiger charge is 2.39. The molecule has 1 saturated heterocycles. The number of terminal acetylenes is 1. The van der Waals surface area contributed by atoms with E-state index in [9.17, 15) is 4.79 Å². The van der Waals surface area contributed by atoms with Gasteiger partial charge in [-0.2, -0.15) is 10.2 Å². The summed E-state index contributed by atoms with van der Waals surface area (Å²) in [4.78, 5) is 22.3. The second-order valence-electron chi connectivity index (χ2n) is 7.72. The fraction of sp³-hybridized carbons (Fsp3) is 0.524. The summed E-state index contributed by atoms with van der Waals surface area (Å²) in [7, 11) is 0. The lowest BCUT2D eigenvalue weighted by Gasteiger charge is -2.32. The maximum Gasteiger partial charge on any atom is 0.220 e. The molecule has 7 nitrogen and oxygen atoms in total. The maximum absolute atomic E-state index is 12.3. The van der Waals surface area contributed by atoms with Gasteiger partial charge in [-0.15, -0.1) is 12.3 Å². The van der Waals surface area contributed by atoms with Crippen LogP contribution in [-0.2, 0) is 11.3 Å². The Morgan fingerprint density at radius 2 is 2.18 bits per heavy atom. The predicted molar refractivity (Wildman–Crippen MR) is 107 cm³/mol. The number of carbonyl (C=O) groups is 1. The second-order valence-corrected chi connectivity index (χ2v) is 7.72. The van der Waals surface area contributed by atoms with Crippen LogP contribution in [0.2, 0.25) is 0 Å². The van der Waals surface area contributed by atoms with Gasteiger partial charge in [0.05, 0.1) is 0 Å². The van der Waals surface area contributed by atoms with Crippen LogP contribution in [0, 0.1) is 12.3 Å². The number of nitrogens with one attached hydrogen (secondary N) is 2. The number of fused-ring (bicyclic) bond motifs is 1. The van der Waals surface area contributed by atoms with E-state index in [0.717, 1.165) is 44.5 Å². The van der Waals surface area contributed by atoms with Crippen molar-refractivity contribution in [1.82, 2.24) is 20.2 Å². The first-order valence-corrected chi connectivity index (χ1v) is 9.98. The third-order valence-electron chi connectivity index (χ3n) is 5.69. The van der Waals surface area contributed by atoms with E-state index in [-0.39, 0.29) is 17.6 Å². The molecule has 0 unspecified atom stereocenters. The molecule has 0 aliphatic carbocycles. The van der Waals surface area contributed by atoms with Crippen LogP contribution >= 0.6 is 0 Å². The molecule has 1 amide bonds. The minimum Gasteiger partial charge on any atom is -0.353 e. The Morgan fingerprint density at radius 3 is 2.93 bits per heavy atom. The van der Waals surface area contributed by atoms with Crippen molar-refractivity contribution in [2.24, 2.45) is 10.2 Å². The molecule has 0 saturated carbocycles. The third kappa shape index (κ3) is 4.39. The smallest absolute Gasteiger partial charge is 0.220 e. The second kappa shape index (κ2) is 8.11. The van der Waals surface area contributed by atoms with Crippen molar-refractivity contribution in [3.63, 3.8) is 0 Å². The van der Waals surface area contributed by atoms with Crippen LogP contribution in [0.25, 0.3) is 11.0 Å². The van der Waals surface area contributed by atoms with E-state index in [0.29, 0.717) is 19.3 Å². The summed E-state index contributed by atoms with van der Waals surface area (Å²) >= 11 is 0. The molecule has 2 aromatic heterocycles. The maximum atomic E-state index is 12.3. The lowest BCUT2D eigenvalue weighted by atomic mass is 10.0. The zero-order chi connectivity index (χ0) is 19.4. The van der Waals surface area contributed by atoms with Crippen molar-refractivity contribution in [3.8, 4) is 12.3 Å². The van der Waals surface area contributed by atoms with Gasteiger partial charge in [-0.3, -0.25) is 9.69 Å². The van der Waals surface area contributed by atoms with E-state index >= 15 is 0 Å². The van der Waals surface area contributed by atoms with E-state index in [1.165, 1.54) is 10.9 Å². The van der Waals surface area contributed by atoms with Gasteiger partial charge >= 0.3 is 0 Å². The molecule has 2 aliphatic heterocycles. The van der Waals surface area contributed by atoms with E-state index in [1.807, 2.05) is 6.07 Å². The minimum atomic E-state index is -0.374.